The van der Waals surface area contributed by atoms with Crippen LogP contribution in [0.4, 0.5) is 0 Å². The maximum atomic E-state index is 12.5. The fourth-order valence-corrected chi connectivity index (χ4v) is 2.88. The van der Waals surface area contributed by atoms with Crippen LogP contribution in [0.25, 0.3) is 22.3 Å². The number of aryl methyl sites for hydroxylation is 1. The van der Waals surface area contributed by atoms with Crippen molar-refractivity contribution in [1.29, 1.82) is 0 Å². The molecule has 0 fully saturated rings. The summed E-state index contributed by atoms with van der Waals surface area (Å²) in [5.74, 6) is 0.328. The predicted octanol–water partition coefficient (Wildman–Crippen LogP) is 4.99. The first-order valence-electron chi connectivity index (χ1n) is 8.52. The van der Waals surface area contributed by atoms with Gasteiger partial charge in [0.05, 0.1) is 10.9 Å². The fraction of sp³-hybridized carbons (Fsp3) is 0.0435. The molecule has 0 atom stereocenters. The van der Waals surface area contributed by atoms with Gasteiger partial charge in [0.1, 0.15) is 17.1 Å². The van der Waals surface area contributed by atoms with Crippen molar-refractivity contribution in [2.45, 2.75) is 6.92 Å². The first-order valence-corrected chi connectivity index (χ1v) is 8.52. The van der Waals surface area contributed by atoms with Crippen molar-refractivity contribution in [3.8, 4) is 17.1 Å². The first kappa shape index (κ1) is 16.8. The normalized spacial score (nSPS) is 10.7. The molecule has 0 radical (unpaired) electrons. The molecule has 132 valence electrons. The van der Waals surface area contributed by atoms with Gasteiger partial charge in [-0.2, -0.15) is 0 Å². The number of esters is 1. The van der Waals surface area contributed by atoms with Gasteiger partial charge in [-0.1, -0.05) is 48.0 Å². The third-order valence-electron chi connectivity index (χ3n) is 4.22. The van der Waals surface area contributed by atoms with E-state index in [9.17, 15) is 9.59 Å². The van der Waals surface area contributed by atoms with Gasteiger partial charge in [-0.3, -0.25) is 4.79 Å². The maximum absolute atomic E-state index is 12.5. The Morgan fingerprint density at radius 2 is 1.70 bits per heavy atom. The molecule has 0 spiro atoms. The highest BCUT2D eigenvalue weighted by molar-refractivity contribution is 5.92. The summed E-state index contributed by atoms with van der Waals surface area (Å²) in [5, 5.41) is 0.365. The second-order valence-electron chi connectivity index (χ2n) is 6.26. The van der Waals surface area contributed by atoms with E-state index in [2.05, 4.69) is 0 Å². The second kappa shape index (κ2) is 6.92. The Bertz CT molecular complexity index is 1190. The minimum Gasteiger partial charge on any atom is -0.456 e. The van der Waals surface area contributed by atoms with E-state index in [1.54, 1.807) is 30.3 Å². The molecule has 0 aliphatic heterocycles. The molecule has 0 amide bonds. The largest absolute Gasteiger partial charge is 0.456 e. The summed E-state index contributed by atoms with van der Waals surface area (Å²) in [6.07, 6.45) is 0. The first-order chi connectivity index (χ1) is 13.1. The van der Waals surface area contributed by atoms with E-state index in [4.69, 9.17) is 9.15 Å². The van der Waals surface area contributed by atoms with Crippen LogP contribution >= 0.6 is 0 Å². The summed E-state index contributed by atoms with van der Waals surface area (Å²) in [6, 6.07) is 22.8. The molecule has 4 rings (SSSR count). The van der Waals surface area contributed by atoms with Gasteiger partial charge < -0.3 is 9.15 Å². The fourth-order valence-electron chi connectivity index (χ4n) is 2.88. The number of hydrogen-bond donors (Lipinski definition) is 0. The van der Waals surface area contributed by atoms with E-state index in [0.29, 0.717) is 28.0 Å². The van der Waals surface area contributed by atoms with E-state index in [1.165, 1.54) is 12.1 Å². The van der Waals surface area contributed by atoms with Crippen molar-refractivity contribution in [3.05, 3.63) is 100 Å². The molecule has 1 heterocycles. The topological polar surface area (TPSA) is 56.5 Å². The van der Waals surface area contributed by atoms with Crippen molar-refractivity contribution in [2.24, 2.45) is 0 Å². The summed E-state index contributed by atoms with van der Waals surface area (Å²) < 4.78 is 11.3. The van der Waals surface area contributed by atoms with E-state index in [0.717, 1.165) is 11.1 Å². The van der Waals surface area contributed by atoms with Gasteiger partial charge in [0.15, 0.2) is 5.43 Å². The number of ether oxygens (including phenoxy) is 1. The zero-order valence-electron chi connectivity index (χ0n) is 14.6. The third kappa shape index (κ3) is 3.51. The van der Waals surface area contributed by atoms with Gasteiger partial charge in [-0.25, -0.2) is 4.79 Å². The second-order valence-corrected chi connectivity index (χ2v) is 6.26. The van der Waals surface area contributed by atoms with Crippen molar-refractivity contribution < 1.29 is 13.9 Å². The Kier molecular flexibility index (Phi) is 4.30. The third-order valence-corrected chi connectivity index (χ3v) is 4.22. The van der Waals surface area contributed by atoms with Gasteiger partial charge in [0, 0.05) is 11.6 Å². The molecule has 0 unspecified atom stereocenters. The molecule has 0 aliphatic rings. The Balaban J connectivity index is 1.68. The zero-order valence-corrected chi connectivity index (χ0v) is 14.6. The average Bonchev–Trinajstić information content (AvgIpc) is 2.69. The lowest BCUT2D eigenvalue weighted by Gasteiger charge is -2.07. The lowest BCUT2D eigenvalue weighted by atomic mass is 10.1. The summed E-state index contributed by atoms with van der Waals surface area (Å²) in [7, 11) is 0. The van der Waals surface area contributed by atoms with Gasteiger partial charge in [0.25, 0.3) is 0 Å². The molecule has 3 aromatic carbocycles. The van der Waals surface area contributed by atoms with Crippen LogP contribution in [0.3, 0.4) is 0 Å². The zero-order chi connectivity index (χ0) is 18.8. The minimum absolute atomic E-state index is 0.191. The van der Waals surface area contributed by atoms with E-state index in [-0.39, 0.29) is 5.43 Å². The average molecular weight is 356 g/mol. The summed E-state index contributed by atoms with van der Waals surface area (Å²) in [4.78, 5) is 24.8. The molecule has 0 bridgehead atoms. The quantitative estimate of drug-likeness (QED) is 0.383. The number of benzene rings is 3. The Morgan fingerprint density at radius 1 is 0.889 bits per heavy atom. The highest BCUT2D eigenvalue weighted by Crippen LogP contribution is 2.25. The van der Waals surface area contributed by atoms with Gasteiger partial charge in [0.2, 0.25) is 0 Å². The number of hydrogen-bond acceptors (Lipinski definition) is 4. The smallest absolute Gasteiger partial charge is 0.343 e. The molecule has 4 nitrogen and oxygen atoms in total. The molecule has 1 aromatic heterocycles. The van der Waals surface area contributed by atoms with Gasteiger partial charge in [-0.05, 0) is 37.3 Å². The molecule has 4 heteroatoms. The molecule has 0 saturated carbocycles. The summed E-state index contributed by atoms with van der Waals surface area (Å²) in [6.45, 7) is 1.91. The number of fused-ring (bicyclic) bond motifs is 1. The number of carbonyl (C=O) groups is 1. The van der Waals surface area contributed by atoms with Crippen LogP contribution in [0.1, 0.15) is 15.9 Å². The number of rotatable bonds is 3. The van der Waals surface area contributed by atoms with E-state index < -0.39 is 5.97 Å². The Labute approximate surface area is 155 Å². The van der Waals surface area contributed by atoms with Crippen molar-refractivity contribution in [1.82, 2.24) is 0 Å². The minimum atomic E-state index is -0.469. The summed E-state index contributed by atoms with van der Waals surface area (Å²) >= 11 is 0. The SMILES string of the molecule is Cc1cccc(C(=O)Oc2ccc3oc(-c4ccccc4)cc(=O)c3c2)c1. The molecular weight excluding hydrogens is 340 g/mol. The van der Waals surface area contributed by atoms with Crippen molar-refractivity contribution in [2.75, 3.05) is 0 Å². The monoisotopic (exact) mass is 356 g/mol. The van der Waals surface area contributed by atoms with E-state index >= 15 is 0 Å². The highest BCUT2D eigenvalue weighted by atomic mass is 16.5. The van der Waals surface area contributed by atoms with Crippen LogP contribution in [0.2, 0.25) is 0 Å². The molecule has 0 saturated heterocycles. The maximum Gasteiger partial charge on any atom is 0.343 e. The lowest BCUT2D eigenvalue weighted by Crippen LogP contribution is -2.09. The van der Waals surface area contributed by atoms with Gasteiger partial charge >= 0.3 is 5.97 Å². The molecule has 27 heavy (non-hydrogen) atoms. The molecule has 0 aliphatic carbocycles. The number of carbonyl (C=O) groups excluding carboxylic acids is 1. The van der Waals surface area contributed by atoms with Crippen LogP contribution in [0.15, 0.2) is 88.1 Å². The summed E-state index contributed by atoms with van der Waals surface area (Å²) in [5.41, 5.74) is 2.50. The van der Waals surface area contributed by atoms with Crippen LogP contribution in [0, 0.1) is 6.92 Å². The van der Waals surface area contributed by atoms with Gasteiger partial charge in [-0.15, -0.1) is 0 Å². The molecular formula is C23H16O4. The Morgan fingerprint density at radius 3 is 2.48 bits per heavy atom. The highest BCUT2D eigenvalue weighted by Gasteiger charge is 2.12. The van der Waals surface area contributed by atoms with Crippen LogP contribution in [0.5, 0.6) is 5.75 Å². The van der Waals surface area contributed by atoms with Crippen LogP contribution in [-0.2, 0) is 0 Å². The molecule has 0 N–H and O–H groups in total. The van der Waals surface area contributed by atoms with Crippen LogP contribution in [-0.4, -0.2) is 5.97 Å². The molecule has 4 aromatic rings. The van der Waals surface area contributed by atoms with E-state index in [1.807, 2.05) is 43.3 Å². The standard InChI is InChI=1S/C23H16O4/c1-15-6-5-9-17(12-15)23(25)26-18-10-11-21-19(13-18)20(24)14-22(27-21)16-7-3-2-4-8-16/h2-14H,1H3. The van der Waals surface area contributed by atoms with Crippen molar-refractivity contribution >= 4 is 16.9 Å². The van der Waals surface area contributed by atoms with Crippen LogP contribution < -0.4 is 10.2 Å². The van der Waals surface area contributed by atoms with Crippen molar-refractivity contribution in [3.63, 3.8) is 0 Å². The lowest BCUT2D eigenvalue weighted by molar-refractivity contribution is 0.0735. The predicted molar refractivity (Wildman–Crippen MR) is 104 cm³/mol. The Hall–Kier alpha value is -3.66.